The van der Waals surface area contributed by atoms with Crippen LogP contribution in [-0.4, -0.2) is 16.9 Å². The first-order valence-corrected chi connectivity index (χ1v) is 8.79. The number of carbonyl (C=O) groups excluding carboxylic acids is 1. The molecule has 128 valence electrons. The van der Waals surface area contributed by atoms with Crippen LogP contribution in [0.3, 0.4) is 0 Å². The first kappa shape index (κ1) is 16.2. The number of aromatic nitrogens is 1. The summed E-state index contributed by atoms with van der Waals surface area (Å²) in [5, 5.41) is 4.92. The largest absolute Gasteiger partial charge is 0.358 e. The van der Waals surface area contributed by atoms with Crippen LogP contribution in [0, 0.1) is 5.82 Å². The van der Waals surface area contributed by atoms with Crippen LogP contribution >= 0.6 is 11.6 Å². The van der Waals surface area contributed by atoms with Crippen LogP contribution in [-0.2, 0) is 24.1 Å². The Kier molecular flexibility index (Phi) is 4.22. The van der Waals surface area contributed by atoms with Crippen molar-refractivity contribution in [2.45, 2.75) is 31.7 Å². The number of carbonyl (C=O) groups is 1. The van der Waals surface area contributed by atoms with Crippen molar-refractivity contribution < 1.29 is 9.18 Å². The molecule has 5 heteroatoms. The topological polar surface area (TPSA) is 44.9 Å². The monoisotopic (exact) mass is 356 g/mol. The molecule has 0 radical (unpaired) electrons. The number of rotatable bonds is 3. The van der Waals surface area contributed by atoms with Crippen LogP contribution < -0.4 is 5.32 Å². The van der Waals surface area contributed by atoms with E-state index < -0.39 is 0 Å². The van der Waals surface area contributed by atoms with Gasteiger partial charge in [0, 0.05) is 27.7 Å². The Hall–Kier alpha value is -2.33. The van der Waals surface area contributed by atoms with Gasteiger partial charge in [0.25, 0.3) is 0 Å². The highest BCUT2D eigenvalue weighted by Crippen LogP contribution is 2.30. The molecule has 0 saturated heterocycles. The number of amides is 1. The summed E-state index contributed by atoms with van der Waals surface area (Å²) in [4.78, 5) is 15.7. The van der Waals surface area contributed by atoms with Gasteiger partial charge in [-0.1, -0.05) is 35.9 Å². The lowest BCUT2D eigenvalue weighted by Gasteiger charge is -2.23. The molecule has 25 heavy (non-hydrogen) atoms. The Labute approximate surface area is 150 Å². The Morgan fingerprint density at radius 1 is 1.28 bits per heavy atom. The van der Waals surface area contributed by atoms with E-state index in [2.05, 4.69) is 10.3 Å². The van der Waals surface area contributed by atoms with Crippen molar-refractivity contribution in [3.05, 3.63) is 70.1 Å². The molecule has 0 saturated carbocycles. The third-order valence-electron chi connectivity index (χ3n) is 4.82. The first-order valence-electron chi connectivity index (χ1n) is 8.42. The molecule has 0 bridgehead atoms. The fourth-order valence-corrected chi connectivity index (χ4v) is 3.79. The summed E-state index contributed by atoms with van der Waals surface area (Å²) < 4.78 is 13.7. The van der Waals surface area contributed by atoms with E-state index >= 15 is 0 Å². The summed E-state index contributed by atoms with van der Waals surface area (Å²) in [7, 11) is 0. The summed E-state index contributed by atoms with van der Waals surface area (Å²) in [6.45, 7) is 0. The highest BCUT2D eigenvalue weighted by molar-refractivity contribution is 6.31. The van der Waals surface area contributed by atoms with E-state index in [0.717, 1.165) is 30.2 Å². The molecule has 1 heterocycles. The summed E-state index contributed by atoms with van der Waals surface area (Å²) >= 11 is 6.06. The minimum atomic E-state index is -0.336. The third kappa shape index (κ3) is 3.27. The van der Waals surface area contributed by atoms with Gasteiger partial charge in [-0.15, -0.1) is 0 Å². The van der Waals surface area contributed by atoms with E-state index in [1.54, 1.807) is 18.2 Å². The second kappa shape index (κ2) is 6.52. The zero-order chi connectivity index (χ0) is 17.4. The molecule has 1 amide bonds. The van der Waals surface area contributed by atoms with Crippen LogP contribution in [0.15, 0.2) is 42.5 Å². The Balaban J connectivity index is 1.48. The molecular formula is C20H18ClFN2O. The van der Waals surface area contributed by atoms with E-state index in [1.807, 2.05) is 18.2 Å². The maximum atomic E-state index is 13.7. The van der Waals surface area contributed by atoms with Crippen LogP contribution in [0.25, 0.3) is 10.9 Å². The number of hydrogen-bond acceptors (Lipinski definition) is 1. The van der Waals surface area contributed by atoms with Gasteiger partial charge >= 0.3 is 0 Å². The van der Waals surface area contributed by atoms with Gasteiger partial charge in [0.1, 0.15) is 5.82 Å². The van der Waals surface area contributed by atoms with E-state index in [1.165, 1.54) is 17.3 Å². The highest BCUT2D eigenvalue weighted by atomic mass is 35.5. The fraction of sp³-hybridized carbons (Fsp3) is 0.250. The van der Waals surface area contributed by atoms with E-state index in [4.69, 9.17) is 11.6 Å². The molecule has 0 aliphatic heterocycles. The number of H-pyrrole nitrogens is 1. The minimum absolute atomic E-state index is 0.0690. The Morgan fingerprint density at radius 2 is 2.12 bits per heavy atom. The molecule has 0 fully saturated rings. The number of nitrogens with one attached hydrogen (secondary N) is 2. The lowest BCUT2D eigenvalue weighted by molar-refractivity contribution is -0.121. The number of aryl methyl sites for hydroxylation is 1. The molecule has 1 aliphatic rings. The van der Waals surface area contributed by atoms with E-state index in [0.29, 0.717) is 10.6 Å². The second-order valence-electron chi connectivity index (χ2n) is 6.55. The van der Waals surface area contributed by atoms with E-state index in [-0.39, 0.29) is 24.2 Å². The van der Waals surface area contributed by atoms with Crippen LogP contribution in [0.1, 0.15) is 23.2 Å². The van der Waals surface area contributed by atoms with Gasteiger partial charge in [-0.2, -0.15) is 0 Å². The lowest BCUT2D eigenvalue weighted by atomic mass is 9.91. The molecule has 3 nitrogen and oxygen atoms in total. The van der Waals surface area contributed by atoms with Gasteiger partial charge in [-0.05, 0) is 48.6 Å². The molecule has 1 aliphatic carbocycles. The zero-order valence-electron chi connectivity index (χ0n) is 13.6. The van der Waals surface area contributed by atoms with Gasteiger partial charge in [0.15, 0.2) is 0 Å². The third-order valence-corrected chi connectivity index (χ3v) is 5.06. The molecular weight excluding hydrogens is 339 g/mol. The fourth-order valence-electron chi connectivity index (χ4n) is 3.61. The summed E-state index contributed by atoms with van der Waals surface area (Å²) in [5.41, 5.74) is 3.93. The van der Waals surface area contributed by atoms with Gasteiger partial charge in [0.05, 0.1) is 6.42 Å². The summed E-state index contributed by atoms with van der Waals surface area (Å²) in [6, 6.07) is 12.3. The number of halogens is 2. The van der Waals surface area contributed by atoms with Crippen molar-refractivity contribution in [3.8, 4) is 0 Å². The highest BCUT2D eigenvalue weighted by Gasteiger charge is 2.24. The van der Waals surface area contributed by atoms with Crippen molar-refractivity contribution >= 4 is 28.4 Å². The van der Waals surface area contributed by atoms with Gasteiger partial charge in [0.2, 0.25) is 5.91 Å². The van der Waals surface area contributed by atoms with Crippen molar-refractivity contribution in [1.29, 1.82) is 0 Å². The van der Waals surface area contributed by atoms with Gasteiger partial charge in [-0.25, -0.2) is 4.39 Å². The average molecular weight is 357 g/mol. The molecule has 2 aromatic carbocycles. The van der Waals surface area contributed by atoms with Crippen molar-refractivity contribution in [3.63, 3.8) is 0 Å². The van der Waals surface area contributed by atoms with Crippen molar-refractivity contribution in [1.82, 2.24) is 10.3 Å². The molecule has 2 N–H and O–H groups in total. The quantitative estimate of drug-likeness (QED) is 0.726. The number of fused-ring (bicyclic) bond motifs is 3. The maximum Gasteiger partial charge on any atom is 0.224 e. The predicted octanol–water partition coefficient (Wildman–Crippen LogP) is 4.18. The smallest absolute Gasteiger partial charge is 0.224 e. The molecule has 1 atom stereocenters. The Bertz CT molecular complexity index is 950. The zero-order valence-corrected chi connectivity index (χ0v) is 14.4. The van der Waals surface area contributed by atoms with Crippen LogP contribution in [0.2, 0.25) is 5.02 Å². The van der Waals surface area contributed by atoms with Crippen molar-refractivity contribution in [2.75, 3.05) is 0 Å². The lowest BCUT2D eigenvalue weighted by Crippen LogP contribution is -2.39. The number of benzene rings is 2. The van der Waals surface area contributed by atoms with Crippen LogP contribution in [0.4, 0.5) is 4.39 Å². The van der Waals surface area contributed by atoms with Crippen LogP contribution in [0.5, 0.6) is 0 Å². The number of aromatic amines is 1. The number of hydrogen-bond donors (Lipinski definition) is 2. The molecule has 0 spiro atoms. The summed E-state index contributed by atoms with van der Waals surface area (Å²) in [5.74, 6) is -0.474. The first-order chi connectivity index (χ1) is 12.1. The summed E-state index contributed by atoms with van der Waals surface area (Å²) in [6.07, 6.45) is 2.60. The molecule has 4 rings (SSSR count). The average Bonchev–Trinajstić information content (AvgIpc) is 2.93. The van der Waals surface area contributed by atoms with Crippen molar-refractivity contribution in [2.24, 2.45) is 0 Å². The molecule has 1 unspecified atom stereocenters. The van der Waals surface area contributed by atoms with E-state index in [9.17, 15) is 9.18 Å². The standard InChI is InChI=1S/C20H18ClFN2O/c21-13-5-7-15-16-11-14(6-8-18(16)24-19(15)10-13)23-20(25)9-12-3-1-2-4-17(12)22/h1-5,7,10,14,24H,6,8-9,11H2,(H,23,25). The minimum Gasteiger partial charge on any atom is -0.358 e. The maximum absolute atomic E-state index is 13.7. The SMILES string of the molecule is O=C(Cc1ccccc1F)NC1CCc2[nH]c3cc(Cl)ccc3c2C1. The predicted molar refractivity (Wildman–Crippen MR) is 97.4 cm³/mol. The second-order valence-corrected chi connectivity index (χ2v) is 6.98. The normalized spacial score (nSPS) is 16.6. The Morgan fingerprint density at radius 3 is 2.96 bits per heavy atom. The van der Waals surface area contributed by atoms with Gasteiger partial charge in [-0.3, -0.25) is 4.79 Å². The molecule has 3 aromatic rings. The molecule has 1 aromatic heterocycles. The van der Waals surface area contributed by atoms with Gasteiger partial charge < -0.3 is 10.3 Å².